The van der Waals surface area contributed by atoms with E-state index in [0.717, 1.165) is 88.0 Å². The van der Waals surface area contributed by atoms with Gasteiger partial charge in [0, 0.05) is 50.8 Å². The van der Waals surface area contributed by atoms with Gasteiger partial charge in [-0.25, -0.2) is 44.4 Å². The molecule has 5 aromatic carbocycles. The number of rotatable bonds is 5. The van der Waals surface area contributed by atoms with Crippen LogP contribution in [0.3, 0.4) is 0 Å². The summed E-state index contributed by atoms with van der Waals surface area (Å²) in [6.45, 7) is 36.6. The van der Waals surface area contributed by atoms with Crippen LogP contribution < -0.4 is 16.1 Å². The molecule has 0 aliphatic carbocycles. The lowest BCUT2D eigenvalue weighted by molar-refractivity contribution is 0.547. The lowest BCUT2D eigenvalue weighted by Gasteiger charge is -2.25. The van der Waals surface area contributed by atoms with Gasteiger partial charge < -0.3 is 0 Å². The molecule has 354 valence electrons. The van der Waals surface area contributed by atoms with E-state index in [-0.39, 0.29) is 0 Å². The van der Waals surface area contributed by atoms with Crippen LogP contribution in [0, 0.1) is 19.3 Å². The Morgan fingerprint density at radius 1 is 0.486 bits per heavy atom. The van der Waals surface area contributed by atoms with Crippen molar-refractivity contribution >= 4 is 97.7 Å². The van der Waals surface area contributed by atoms with E-state index in [2.05, 4.69) is 99.3 Å². The Morgan fingerprint density at radius 3 is 1.36 bits per heavy atom. The Morgan fingerprint density at radius 2 is 0.900 bits per heavy atom. The van der Waals surface area contributed by atoms with Gasteiger partial charge in [-0.3, -0.25) is 0 Å². The van der Waals surface area contributed by atoms with Gasteiger partial charge in [0.15, 0.2) is 46.0 Å². The maximum absolute atomic E-state index is 5.66. The van der Waals surface area contributed by atoms with E-state index in [1.165, 1.54) is 0 Å². The number of fused-ring (bicyclic) bond motifs is 15. The molecule has 4 aliphatic heterocycles. The summed E-state index contributed by atoms with van der Waals surface area (Å²) in [7, 11) is 1.99. The maximum Gasteiger partial charge on any atom is 0.165 e. The van der Waals surface area contributed by atoms with E-state index in [1.807, 2.05) is 140 Å². The smallest absolute Gasteiger partial charge is 0.165 e. The SMILES string of the molecule is C#C/C=C\c1cc2c(cc1C)C1=NC2=Nc2c3cc(/C=C\C)c(C=C)cc3c3n2N(C)n2c(c4cc(C=C)c(C=C)cc4c2=N1)=NC1=NC(=N3)c2cc3ccccc3cc21.CC.CC.CC.CC.CC. The van der Waals surface area contributed by atoms with Crippen LogP contribution in [0.1, 0.15) is 132 Å². The van der Waals surface area contributed by atoms with E-state index in [0.29, 0.717) is 46.0 Å². The van der Waals surface area contributed by atoms with Crippen molar-refractivity contribution in [2.75, 3.05) is 12.2 Å². The zero-order chi connectivity index (χ0) is 51.0. The van der Waals surface area contributed by atoms with E-state index in [1.54, 1.807) is 6.08 Å². The molecule has 6 heterocycles. The fourth-order valence-corrected chi connectivity index (χ4v) is 8.79. The van der Waals surface area contributed by atoms with Gasteiger partial charge in [0.25, 0.3) is 0 Å². The van der Waals surface area contributed by atoms with Crippen LogP contribution in [0.4, 0.5) is 11.6 Å². The number of amidine groups is 4. The second-order valence-electron chi connectivity index (χ2n) is 15.0. The summed E-state index contributed by atoms with van der Waals surface area (Å²) in [5.74, 6) is 6.03. The summed E-state index contributed by atoms with van der Waals surface area (Å²) >= 11 is 0. The van der Waals surface area contributed by atoms with E-state index in [4.69, 9.17) is 36.4 Å². The Balaban J connectivity index is 0.000000758. The van der Waals surface area contributed by atoms with Gasteiger partial charge in [-0.1, -0.05) is 150 Å². The van der Waals surface area contributed by atoms with Crippen LogP contribution in [0.2, 0.25) is 0 Å². The van der Waals surface area contributed by atoms with Gasteiger partial charge in [0.05, 0.1) is 0 Å². The Hall–Kier alpha value is -8.22. The van der Waals surface area contributed by atoms with E-state index < -0.39 is 0 Å². The average molecular weight is 924 g/mol. The molecule has 11 rings (SSSR count). The molecule has 6 bridgehead atoms. The molecule has 2 aromatic heterocycles. The minimum atomic E-state index is 0.521. The number of aryl methyl sites for hydroxylation is 1. The third-order valence-corrected chi connectivity index (χ3v) is 11.7. The summed E-state index contributed by atoms with van der Waals surface area (Å²) in [4.78, 5) is 32.4. The fraction of sp³-hybridized carbons (Fsp3) is 0.213. The van der Waals surface area contributed by atoms with Gasteiger partial charge in [-0.05, 0) is 119 Å². The second-order valence-corrected chi connectivity index (χ2v) is 15.0. The highest BCUT2D eigenvalue weighted by Crippen LogP contribution is 2.43. The van der Waals surface area contributed by atoms with Crippen LogP contribution in [-0.2, 0) is 0 Å². The van der Waals surface area contributed by atoms with Crippen LogP contribution in [0.5, 0.6) is 0 Å². The topological polar surface area (TPSA) is 87.3 Å². The molecule has 0 fully saturated rings. The van der Waals surface area contributed by atoms with Crippen LogP contribution in [0.25, 0.3) is 62.7 Å². The summed E-state index contributed by atoms with van der Waals surface area (Å²) in [5.41, 5.74) is 10.5. The van der Waals surface area contributed by atoms with E-state index >= 15 is 0 Å². The lowest BCUT2D eigenvalue weighted by Crippen LogP contribution is -2.48. The van der Waals surface area contributed by atoms with Gasteiger partial charge in [0.1, 0.15) is 0 Å². The maximum atomic E-state index is 5.66. The number of aliphatic imine (C=N–C) groups is 4. The predicted octanol–water partition coefficient (Wildman–Crippen LogP) is 14.8. The number of hydrogen-bond donors (Lipinski definition) is 0. The molecular formula is C61H65N9. The lowest BCUT2D eigenvalue weighted by atomic mass is 9.99. The molecule has 0 N–H and O–H groups in total. The first-order chi connectivity index (χ1) is 34.3. The van der Waals surface area contributed by atoms with Crippen LogP contribution in [0.15, 0.2) is 135 Å². The van der Waals surface area contributed by atoms with Crippen molar-refractivity contribution in [1.82, 2.24) is 9.35 Å². The third kappa shape index (κ3) is 8.51. The molecule has 4 aliphatic rings. The first kappa shape index (κ1) is 51.2. The summed E-state index contributed by atoms with van der Waals surface area (Å²) in [6, 6.07) is 25.3. The van der Waals surface area contributed by atoms with Crippen molar-refractivity contribution in [1.29, 1.82) is 0 Å². The normalized spacial score (nSPS) is 12.9. The van der Waals surface area contributed by atoms with Crippen molar-refractivity contribution in [2.24, 2.45) is 30.0 Å². The van der Waals surface area contributed by atoms with Crippen molar-refractivity contribution in [2.45, 2.75) is 83.1 Å². The van der Waals surface area contributed by atoms with Gasteiger partial charge in [-0.15, -0.1) is 6.42 Å². The summed E-state index contributed by atoms with van der Waals surface area (Å²) in [5, 5.41) is 7.61. The minimum Gasteiger partial charge on any atom is -0.214 e. The number of hydrogen-bond acceptors (Lipinski definition) is 7. The Labute approximate surface area is 414 Å². The van der Waals surface area contributed by atoms with Gasteiger partial charge >= 0.3 is 0 Å². The molecular weight excluding hydrogens is 859 g/mol. The number of terminal acetylenes is 1. The molecule has 9 nitrogen and oxygen atoms in total. The molecule has 0 spiro atoms. The molecule has 70 heavy (non-hydrogen) atoms. The number of benzene rings is 5. The number of allylic oxidation sites excluding steroid dienone is 2. The van der Waals surface area contributed by atoms with Gasteiger partial charge in [-0.2, -0.15) is 0 Å². The van der Waals surface area contributed by atoms with Crippen LogP contribution in [-0.4, -0.2) is 39.7 Å². The monoisotopic (exact) mass is 924 g/mol. The van der Waals surface area contributed by atoms with Gasteiger partial charge in [0.2, 0.25) is 0 Å². The van der Waals surface area contributed by atoms with Crippen molar-refractivity contribution < 1.29 is 0 Å². The molecule has 0 amide bonds. The standard InChI is InChI=1S/C51H35N9.5C2H6/c1-8-13-17-32-24-37-36(20-28(32)6)44-52-45(37)55-51-43-27-33(16-9-2)31(12-5)23-42(43)50-57-47-39-26-35-19-15-14-18-34(35)25-38(39)46(53-47)56-49-41-22-30(11-4)29(10-3)21-40(41)48(54-44)59(49)58(7)60(50)51;5*1-2/h1,9-27H,3-5H2,2,6-7H3;5*1-2H3/b16-9-,17-13-,54-44?,54-48?,55-45?,55-51?,56-46?,56-49?,57-47?,57-50?;;;;;. The molecule has 9 heteroatoms. The highest BCUT2D eigenvalue weighted by molar-refractivity contribution is 6.26. The Bertz CT molecular complexity index is 3590. The predicted molar refractivity (Wildman–Crippen MR) is 306 cm³/mol. The van der Waals surface area contributed by atoms with E-state index in [9.17, 15) is 0 Å². The van der Waals surface area contributed by atoms with Crippen molar-refractivity contribution in [3.8, 4) is 12.3 Å². The van der Waals surface area contributed by atoms with Crippen molar-refractivity contribution in [3.05, 3.63) is 171 Å². The summed E-state index contributed by atoms with van der Waals surface area (Å²) in [6.07, 6.45) is 19.0. The molecule has 0 unspecified atom stereocenters. The molecule has 0 saturated carbocycles. The van der Waals surface area contributed by atoms with Crippen LogP contribution >= 0.6 is 0 Å². The largest absolute Gasteiger partial charge is 0.214 e. The quantitative estimate of drug-likeness (QED) is 0.158. The fourth-order valence-electron chi connectivity index (χ4n) is 8.79. The average Bonchev–Trinajstić information content (AvgIpc) is 4.10. The number of aromatic nitrogens is 2. The molecule has 0 atom stereocenters. The zero-order valence-corrected chi connectivity index (χ0v) is 43.2. The molecule has 0 saturated heterocycles. The number of nitrogens with zero attached hydrogens (tertiary/aromatic N) is 9. The third-order valence-electron chi connectivity index (χ3n) is 11.7. The minimum absolute atomic E-state index is 0.521. The molecule has 7 aromatic rings. The molecule has 0 radical (unpaired) electrons. The zero-order valence-electron chi connectivity index (χ0n) is 43.2. The summed E-state index contributed by atoms with van der Waals surface area (Å²) < 4.78 is 4.06. The highest BCUT2D eigenvalue weighted by Gasteiger charge is 2.32. The second kappa shape index (κ2) is 22.3. The Kier molecular flexibility index (Phi) is 16.3. The van der Waals surface area contributed by atoms with Crippen molar-refractivity contribution in [3.63, 3.8) is 0 Å². The first-order valence-corrected chi connectivity index (χ1v) is 24.6. The highest BCUT2D eigenvalue weighted by atomic mass is 15.8. The first-order valence-electron chi connectivity index (χ1n) is 24.6.